The van der Waals surface area contributed by atoms with Crippen molar-refractivity contribution >= 4 is 11.9 Å². The third-order valence-corrected chi connectivity index (χ3v) is 4.75. The highest BCUT2D eigenvalue weighted by Gasteiger charge is 2.27. The van der Waals surface area contributed by atoms with Crippen molar-refractivity contribution in [1.29, 1.82) is 0 Å². The number of hydrogen-bond donors (Lipinski definition) is 0. The van der Waals surface area contributed by atoms with Crippen LogP contribution in [0.1, 0.15) is 64.7 Å². The van der Waals surface area contributed by atoms with E-state index in [9.17, 15) is 9.59 Å². The standard InChI is InChI=1S/C17H31NO3/c1-4-14-9-11-15(12-10-14)17(20)18(2)13-7-5-6-8-16(19)21-3/h14-15H,4-13H2,1-3H3. The molecular formula is C17H31NO3. The summed E-state index contributed by atoms with van der Waals surface area (Å²) in [6.07, 6.45) is 9.04. The number of unbranched alkanes of at least 4 members (excludes halogenated alkanes) is 2. The van der Waals surface area contributed by atoms with Crippen molar-refractivity contribution in [3.8, 4) is 0 Å². The van der Waals surface area contributed by atoms with Crippen LogP contribution in [0.3, 0.4) is 0 Å². The number of carbonyl (C=O) groups is 2. The Morgan fingerprint density at radius 2 is 1.76 bits per heavy atom. The Balaban J connectivity index is 2.15. The fraction of sp³-hybridized carbons (Fsp3) is 0.882. The molecule has 1 fully saturated rings. The molecule has 0 aromatic heterocycles. The van der Waals surface area contributed by atoms with Gasteiger partial charge in [0.1, 0.15) is 0 Å². The van der Waals surface area contributed by atoms with Gasteiger partial charge in [0.25, 0.3) is 0 Å². The van der Waals surface area contributed by atoms with E-state index in [4.69, 9.17) is 0 Å². The van der Waals surface area contributed by atoms with Crippen LogP contribution in [0.2, 0.25) is 0 Å². The van der Waals surface area contributed by atoms with Crippen molar-refractivity contribution < 1.29 is 14.3 Å². The number of esters is 1. The summed E-state index contributed by atoms with van der Waals surface area (Å²) in [6.45, 7) is 3.04. The van der Waals surface area contributed by atoms with Gasteiger partial charge in [-0.05, 0) is 44.4 Å². The van der Waals surface area contributed by atoms with Gasteiger partial charge in [0.05, 0.1) is 7.11 Å². The largest absolute Gasteiger partial charge is 0.469 e. The topological polar surface area (TPSA) is 46.6 Å². The average Bonchev–Trinajstić information content (AvgIpc) is 2.53. The van der Waals surface area contributed by atoms with Gasteiger partial charge < -0.3 is 9.64 Å². The van der Waals surface area contributed by atoms with E-state index in [0.29, 0.717) is 12.3 Å². The minimum Gasteiger partial charge on any atom is -0.469 e. The van der Waals surface area contributed by atoms with E-state index in [-0.39, 0.29) is 11.9 Å². The highest BCUT2D eigenvalue weighted by Crippen LogP contribution is 2.31. The number of methoxy groups -OCH3 is 1. The highest BCUT2D eigenvalue weighted by atomic mass is 16.5. The first-order valence-electron chi connectivity index (χ1n) is 8.40. The van der Waals surface area contributed by atoms with Gasteiger partial charge in [0.15, 0.2) is 0 Å². The summed E-state index contributed by atoms with van der Waals surface area (Å²) in [6, 6.07) is 0. The van der Waals surface area contributed by atoms with Crippen LogP contribution in [-0.4, -0.2) is 37.5 Å². The summed E-state index contributed by atoms with van der Waals surface area (Å²) >= 11 is 0. The smallest absolute Gasteiger partial charge is 0.305 e. The van der Waals surface area contributed by atoms with E-state index in [2.05, 4.69) is 11.7 Å². The molecule has 1 saturated carbocycles. The zero-order valence-corrected chi connectivity index (χ0v) is 13.9. The molecule has 0 atom stereocenters. The van der Waals surface area contributed by atoms with Crippen molar-refractivity contribution in [3.63, 3.8) is 0 Å². The Labute approximate surface area is 129 Å². The van der Waals surface area contributed by atoms with Gasteiger partial charge in [-0.3, -0.25) is 9.59 Å². The molecule has 0 spiro atoms. The van der Waals surface area contributed by atoms with E-state index in [0.717, 1.165) is 44.6 Å². The highest BCUT2D eigenvalue weighted by molar-refractivity contribution is 5.78. The molecule has 0 heterocycles. The normalized spacial score (nSPS) is 21.9. The molecule has 4 heteroatoms. The lowest BCUT2D eigenvalue weighted by Crippen LogP contribution is -2.35. The summed E-state index contributed by atoms with van der Waals surface area (Å²) in [5.41, 5.74) is 0. The summed E-state index contributed by atoms with van der Waals surface area (Å²) in [4.78, 5) is 25.2. The molecule has 0 saturated heterocycles. The van der Waals surface area contributed by atoms with Crippen molar-refractivity contribution in [2.24, 2.45) is 11.8 Å². The molecule has 0 bridgehead atoms. The van der Waals surface area contributed by atoms with Gasteiger partial charge in [-0.25, -0.2) is 0 Å². The number of carbonyl (C=O) groups excluding carboxylic acids is 2. The molecule has 1 aliphatic carbocycles. The third kappa shape index (κ3) is 6.49. The Morgan fingerprint density at radius 3 is 2.33 bits per heavy atom. The minimum absolute atomic E-state index is 0.146. The average molecular weight is 297 g/mol. The first-order chi connectivity index (χ1) is 10.1. The number of amides is 1. The van der Waals surface area contributed by atoms with E-state index in [1.165, 1.54) is 26.4 Å². The van der Waals surface area contributed by atoms with Gasteiger partial charge in [0, 0.05) is 25.9 Å². The maximum absolute atomic E-state index is 12.4. The molecule has 0 aliphatic heterocycles. The quantitative estimate of drug-likeness (QED) is 0.509. The molecule has 0 aromatic rings. The Bertz CT molecular complexity index is 322. The minimum atomic E-state index is -0.146. The second kappa shape index (κ2) is 9.80. The lowest BCUT2D eigenvalue weighted by molar-refractivity contribution is -0.141. The number of nitrogens with zero attached hydrogens (tertiary/aromatic N) is 1. The Kier molecular flexibility index (Phi) is 8.40. The van der Waals surface area contributed by atoms with Crippen LogP contribution in [0.25, 0.3) is 0 Å². The van der Waals surface area contributed by atoms with Crippen LogP contribution in [0.4, 0.5) is 0 Å². The molecule has 1 amide bonds. The molecule has 21 heavy (non-hydrogen) atoms. The van der Waals surface area contributed by atoms with Crippen LogP contribution < -0.4 is 0 Å². The molecule has 0 unspecified atom stereocenters. The van der Waals surface area contributed by atoms with Crippen molar-refractivity contribution in [2.45, 2.75) is 64.7 Å². The zero-order chi connectivity index (χ0) is 15.7. The van der Waals surface area contributed by atoms with Crippen molar-refractivity contribution in [1.82, 2.24) is 4.90 Å². The van der Waals surface area contributed by atoms with Crippen LogP contribution in [0.5, 0.6) is 0 Å². The summed E-state index contributed by atoms with van der Waals surface area (Å²) in [7, 11) is 3.33. The first-order valence-corrected chi connectivity index (χ1v) is 8.40. The number of rotatable bonds is 8. The maximum atomic E-state index is 12.4. The van der Waals surface area contributed by atoms with Crippen LogP contribution in [0.15, 0.2) is 0 Å². The predicted molar refractivity (Wildman–Crippen MR) is 83.9 cm³/mol. The molecule has 0 aromatic carbocycles. The lowest BCUT2D eigenvalue weighted by Gasteiger charge is -2.30. The summed E-state index contributed by atoms with van der Waals surface area (Å²) in [5, 5.41) is 0. The van der Waals surface area contributed by atoms with Gasteiger partial charge in [-0.15, -0.1) is 0 Å². The molecule has 0 N–H and O–H groups in total. The van der Waals surface area contributed by atoms with Gasteiger partial charge in [0.2, 0.25) is 5.91 Å². The van der Waals surface area contributed by atoms with Crippen molar-refractivity contribution in [3.05, 3.63) is 0 Å². The monoisotopic (exact) mass is 297 g/mol. The Morgan fingerprint density at radius 1 is 1.10 bits per heavy atom. The fourth-order valence-corrected chi connectivity index (χ4v) is 3.14. The molecule has 0 radical (unpaired) electrons. The maximum Gasteiger partial charge on any atom is 0.305 e. The predicted octanol–water partition coefficient (Wildman–Crippen LogP) is 3.39. The number of ether oxygens (including phenoxy) is 1. The summed E-state index contributed by atoms with van der Waals surface area (Å²) < 4.78 is 4.61. The summed E-state index contributed by atoms with van der Waals surface area (Å²) in [5.74, 6) is 1.25. The zero-order valence-electron chi connectivity index (χ0n) is 13.9. The third-order valence-electron chi connectivity index (χ3n) is 4.75. The van der Waals surface area contributed by atoms with Gasteiger partial charge in [-0.1, -0.05) is 19.8 Å². The second-order valence-electron chi connectivity index (χ2n) is 6.27. The van der Waals surface area contributed by atoms with Gasteiger partial charge in [-0.2, -0.15) is 0 Å². The van der Waals surface area contributed by atoms with E-state index in [1.807, 2.05) is 11.9 Å². The molecular weight excluding hydrogens is 266 g/mol. The lowest BCUT2D eigenvalue weighted by atomic mass is 9.80. The van der Waals surface area contributed by atoms with E-state index in [1.54, 1.807) is 0 Å². The molecule has 4 nitrogen and oxygen atoms in total. The van der Waals surface area contributed by atoms with Crippen LogP contribution in [0, 0.1) is 11.8 Å². The number of hydrogen-bond acceptors (Lipinski definition) is 3. The molecule has 1 aliphatic rings. The van der Waals surface area contributed by atoms with E-state index >= 15 is 0 Å². The van der Waals surface area contributed by atoms with Crippen LogP contribution in [-0.2, 0) is 14.3 Å². The first kappa shape index (κ1) is 18.0. The second-order valence-corrected chi connectivity index (χ2v) is 6.27. The molecule has 1 rings (SSSR count). The van der Waals surface area contributed by atoms with E-state index < -0.39 is 0 Å². The fourth-order valence-electron chi connectivity index (χ4n) is 3.14. The molecule has 122 valence electrons. The van der Waals surface area contributed by atoms with Crippen molar-refractivity contribution in [2.75, 3.05) is 20.7 Å². The SMILES string of the molecule is CCC1CCC(C(=O)N(C)CCCCCC(=O)OC)CC1. The van der Waals surface area contributed by atoms with Gasteiger partial charge >= 0.3 is 5.97 Å². The Hall–Kier alpha value is -1.06. The van der Waals surface area contributed by atoms with Crippen LogP contribution >= 0.6 is 0 Å².